The Morgan fingerprint density at radius 2 is 2.14 bits per heavy atom. The molecule has 0 unspecified atom stereocenters. The van der Waals surface area contributed by atoms with Gasteiger partial charge in [0.05, 0.1) is 5.03 Å². The molecule has 0 aromatic carbocycles. The van der Waals surface area contributed by atoms with Crippen molar-refractivity contribution in [1.29, 1.82) is 0 Å². The number of aliphatic imine (C=N–C) groups is 1. The maximum atomic E-state index is 3.97. The molecule has 0 bridgehead atoms. The lowest BCUT2D eigenvalue weighted by Crippen LogP contribution is -1.60. The van der Waals surface area contributed by atoms with Gasteiger partial charge in [0, 0.05) is 6.21 Å². The highest BCUT2D eigenvalue weighted by Gasteiger charge is 1.71. The molecule has 0 aliphatic rings. The third-order valence-electron chi connectivity index (χ3n) is 0.520. The van der Waals surface area contributed by atoms with E-state index >= 15 is 0 Å². The van der Waals surface area contributed by atoms with E-state index in [0.29, 0.717) is 0 Å². The van der Waals surface area contributed by atoms with Crippen LogP contribution >= 0.6 is 12.6 Å². The molecule has 0 aliphatic carbocycles. The Morgan fingerprint density at radius 1 is 1.57 bits per heavy atom. The van der Waals surface area contributed by atoms with E-state index in [0.717, 1.165) is 5.03 Å². The summed E-state index contributed by atoms with van der Waals surface area (Å²) in [6, 6.07) is 0. The largest absolute Gasteiger partial charge is 0.255 e. The number of allylic oxidation sites excluding steroid dienone is 1. The van der Waals surface area contributed by atoms with Gasteiger partial charge in [0.2, 0.25) is 0 Å². The minimum Gasteiger partial charge on any atom is -0.255 e. The lowest BCUT2D eigenvalue weighted by Gasteiger charge is -1.80. The van der Waals surface area contributed by atoms with Gasteiger partial charge in [0.15, 0.2) is 0 Å². The summed E-state index contributed by atoms with van der Waals surface area (Å²) >= 11 is 3.97. The van der Waals surface area contributed by atoms with Crippen LogP contribution in [0.5, 0.6) is 0 Å². The van der Waals surface area contributed by atoms with E-state index in [1.165, 1.54) is 0 Å². The second-order valence-corrected chi connectivity index (χ2v) is 1.49. The lowest BCUT2D eigenvalue weighted by atomic mass is 10.7. The van der Waals surface area contributed by atoms with Crippen LogP contribution in [0.15, 0.2) is 16.1 Å². The Balaban J connectivity index is 3.58. The van der Waals surface area contributed by atoms with Crippen LogP contribution in [0.3, 0.4) is 0 Å². The van der Waals surface area contributed by atoms with Crippen molar-refractivity contribution in [2.45, 2.75) is 13.8 Å². The maximum absolute atomic E-state index is 3.97. The molecule has 0 aromatic heterocycles. The van der Waals surface area contributed by atoms with Gasteiger partial charge < -0.3 is 0 Å². The summed E-state index contributed by atoms with van der Waals surface area (Å²) in [4.78, 5) is 3.84. The molecule has 0 rings (SSSR count). The fourth-order valence-electron chi connectivity index (χ4n) is 0.207. The minimum atomic E-state index is 0.766. The molecule has 0 aromatic rings. The van der Waals surface area contributed by atoms with Crippen molar-refractivity contribution < 1.29 is 0 Å². The fourth-order valence-corrected chi connectivity index (χ4v) is 0.322. The Labute approximate surface area is 49.6 Å². The first-order chi connectivity index (χ1) is 3.31. The van der Waals surface area contributed by atoms with E-state index in [1.807, 2.05) is 19.9 Å². The average Bonchev–Trinajstić information content (AvgIpc) is 1.68. The Morgan fingerprint density at radius 3 is 2.29 bits per heavy atom. The summed E-state index contributed by atoms with van der Waals surface area (Å²) in [5.74, 6) is 0. The first-order valence-electron chi connectivity index (χ1n) is 2.15. The zero-order valence-corrected chi connectivity index (χ0v) is 5.44. The molecule has 0 aliphatic heterocycles. The van der Waals surface area contributed by atoms with Crippen molar-refractivity contribution in [2.24, 2.45) is 4.99 Å². The van der Waals surface area contributed by atoms with E-state index in [1.54, 1.807) is 6.21 Å². The van der Waals surface area contributed by atoms with Crippen molar-refractivity contribution in [2.75, 3.05) is 0 Å². The molecular formula is C5H9NS. The highest BCUT2D eigenvalue weighted by atomic mass is 32.1. The van der Waals surface area contributed by atoms with E-state index in [4.69, 9.17) is 0 Å². The maximum Gasteiger partial charge on any atom is 0.0882 e. The summed E-state index contributed by atoms with van der Waals surface area (Å²) in [5, 5.41) is 0.766. The van der Waals surface area contributed by atoms with Gasteiger partial charge in [-0.2, -0.15) is 0 Å². The molecule has 0 saturated carbocycles. The second kappa shape index (κ2) is 3.93. The van der Waals surface area contributed by atoms with Gasteiger partial charge in [-0.25, -0.2) is 0 Å². The number of thiol groups is 1. The highest BCUT2D eigenvalue weighted by Crippen LogP contribution is 1.98. The average molecular weight is 115 g/mol. The van der Waals surface area contributed by atoms with E-state index in [-0.39, 0.29) is 0 Å². The van der Waals surface area contributed by atoms with Crippen LogP contribution in [-0.2, 0) is 0 Å². The van der Waals surface area contributed by atoms with Crippen LogP contribution in [-0.4, -0.2) is 6.21 Å². The number of hydrogen-bond donors (Lipinski definition) is 1. The van der Waals surface area contributed by atoms with Crippen LogP contribution in [0.4, 0.5) is 0 Å². The van der Waals surface area contributed by atoms with Crippen LogP contribution in [0.1, 0.15) is 13.8 Å². The summed E-state index contributed by atoms with van der Waals surface area (Å²) in [6.45, 7) is 3.76. The molecule has 0 spiro atoms. The van der Waals surface area contributed by atoms with Gasteiger partial charge in [0.25, 0.3) is 0 Å². The zero-order chi connectivity index (χ0) is 5.70. The molecule has 0 heterocycles. The molecular weight excluding hydrogens is 106 g/mol. The summed E-state index contributed by atoms with van der Waals surface area (Å²) < 4.78 is 0. The van der Waals surface area contributed by atoms with Crippen molar-refractivity contribution in [1.82, 2.24) is 0 Å². The summed E-state index contributed by atoms with van der Waals surface area (Å²) in [5.41, 5.74) is 0. The van der Waals surface area contributed by atoms with Crippen molar-refractivity contribution in [3.63, 3.8) is 0 Å². The highest BCUT2D eigenvalue weighted by molar-refractivity contribution is 7.84. The topological polar surface area (TPSA) is 12.4 Å². The molecule has 0 saturated heterocycles. The van der Waals surface area contributed by atoms with Gasteiger partial charge in [-0.3, -0.25) is 4.99 Å². The van der Waals surface area contributed by atoms with E-state index < -0.39 is 0 Å². The predicted molar refractivity (Wildman–Crippen MR) is 36.9 cm³/mol. The van der Waals surface area contributed by atoms with Crippen LogP contribution in [0.25, 0.3) is 0 Å². The number of nitrogens with zero attached hydrogens (tertiary/aromatic N) is 1. The smallest absolute Gasteiger partial charge is 0.0882 e. The Hall–Kier alpha value is -0.240. The second-order valence-electron chi connectivity index (χ2n) is 1.03. The quantitative estimate of drug-likeness (QED) is 0.395. The number of rotatable bonds is 1. The normalized spacial score (nSPS) is 13.3. The molecule has 0 amide bonds. The van der Waals surface area contributed by atoms with Crippen molar-refractivity contribution in [3.8, 4) is 0 Å². The van der Waals surface area contributed by atoms with Gasteiger partial charge in [-0.15, -0.1) is 12.6 Å². The van der Waals surface area contributed by atoms with Gasteiger partial charge >= 0.3 is 0 Å². The van der Waals surface area contributed by atoms with Gasteiger partial charge in [-0.1, -0.05) is 6.08 Å². The first-order valence-corrected chi connectivity index (χ1v) is 2.60. The molecule has 2 heteroatoms. The molecule has 1 nitrogen and oxygen atoms in total. The molecule has 0 N–H and O–H groups in total. The van der Waals surface area contributed by atoms with Gasteiger partial charge in [-0.05, 0) is 13.8 Å². The fraction of sp³-hybridized carbons (Fsp3) is 0.400. The molecule has 0 radical (unpaired) electrons. The van der Waals surface area contributed by atoms with E-state index in [9.17, 15) is 0 Å². The molecule has 0 atom stereocenters. The Kier molecular flexibility index (Phi) is 3.80. The SMILES string of the molecule is CC=N/C(S)=C\C. The third-order valence-corrected chi connectivity index (χ3v) is 0.893. The predicted octanol–water partition coefficient (Wildman–Crippen LogP) is 1.87. The molecule has 7 heavy (non-hydrogen) atoms. The summed E-state index contributed by atoms with van der Waals surface area (Å²) in [6.07, 6.45) is 3.55. The Bertz CT molecular complexity index is 94.3. The van der Waals surface area contributed by atoms with E-state index in [2.05, 4.69) is 17.6 Å². The lowest BCUT2D eigenvalue weighted by molar-refractivity contribution is 1.50. The minimum absolute atomic E-state index is 0.766. The van der Waals surface area contributed by atoms with Crippen LogP contribution in [0.2, 0.25) is 0 Å². The van der Waals surface area contributed by atoms with Crippen LogP contribution < -0.4 is 0 Å². The molecule has 0 fully saturated rings. The summed E-state index contributed by atoms with van der Waals surface area (Å²) in [7, 11) is 0. The zero-order valence-electron chi connectivity index (χ0n) is 4.55. The standard InChI is InChI=1S/C5H9NS/c1-3-5(7)6-4-2/h3-4,7H,1-2H3/b5-3+,6-4?. The van der Waals surface area contributed by atoms with Crippen LogP contribution in [0, 0.1) is 0 Å². The monoisotopic (exact) mass is 115 g/mol. The molecule has 40 valence electrons. The van der Waals surface area contributed by atoms with Crippen molar-refractivity contribution >= 4 is 18.8 Å². The first kappa shape index (κ1) is 6.76. The number of hydrogen-bond acceptors (Lipinski definition) is 2. The van der Waals surface area contributed by atoms with Gasteiger partial charge in [0.1, 0.15) is 0 Å². The van der Waals surface area contributed by atoms with Crippen molar-refractivity contribution in [3.05, 3.63) is 11.1 Å². The third kappa shape index (κ3) is 3.59.